The first-order chi connectivity index (χ1) is 11.7. The number of nitrogens with one attached hydrogen (secondary N) is 2. The van der Waals surface area contributed by atoms with Gasteiger partial charge in [-0.05, 0) is 62.2 Å². The zero-order chi connectivity index (χ0) is 16.3. The average Bonchev–Trinajstić information content (AvgIpc) is 2.64. The molecular weight excluding hydrogens is 428 g/mol. The number of piperazine rings is 1. The van der Waals surface area contributed by atoms with Crippen molar-refractivity contribution in [2.24, 2.45) is 23.7 Å². The Morgan fingerprint density at radius 2 is 0.833 bits per heavy atom. The minimum atomic E-state index is 0.604. The van der Waals surface area contributed by atoms with Gasteiger partial charge in [0.1, 0.15) is 0 Å². The lowest BCUT2D eigenvalue weighted by Crippen LogP contribution is -2.77. The second kappa shape index (κ2) is 6.80. The highest BCUT2D eigenvalue weighted by atomic mass is 79.9. The van der Waals surface area contributed by atoms with E-state index in [2.05, 4.69) is 42.5 Å². The third-order valence-corrected chi connectivity index (χ3v) is 10.3. The molecule has 24 heavy (non-hydrogen) atoms. The van der Waals surface area contributed by atoms with Crippen molar-refractivity contribution in [1.29, 1.82) is 0 Å². The van der Waals surface area contributed by atoms with Crippen molar-refractivity contribution in [2.75, 3.05) is 0 Å². The maximum atomic E-state index is 4.23. The van der Waals surface area contributed by atoms with Crippen LogP contribution in [0.1, 0.15) is 64.2 Å². The van der Waals surface area contributed by atoms with Gasteiger partial charge in [-0.15, -0.1) is 0 Å². The van der Waals surface area contributed by atoms with Crippen molar-refractivity contribution in [2.45, 2.75) is 98.0 Å². The maximum Gasteiger partial charge on any atom is 0.0360 e. The van der Waals surface area contributed by atoms with E-state index in [9.17, 15) is 0 Å². The summed E-state index contributed by atoms with van der Waals surface area (Å²) in [6.07, 6.45) is 14.5. The smallest absolute Gasteiger partial charge is 0.0360 e. The molecule has 1 saturated heterocycles. The van der Waals surface area contributed by atoms with Crippen LogP contribution in [0, 0.1) is 23.7 Å². The monoisotopic (exact) mass is 458 g/mol. The van der Waals surface area contributed by atoms with Gasteiger partial charge >= 0.3 is 0 Å². The second-order valence-corrected chi connectivity index (χ2v) is 11.6. The Labute approximate surface area is 163 Å². The predicted molar refractivity (Wildman–Crippen MR) is 107 cm³/mol. The summed E-state index contributed by atoms with van der Waals surface area (Å²) >= 11 is 8.02. The van der Waals surface area contributed by atoms with Crippen LogP contribution >= 0.6 is 31.9 Å². The first-order valence-electron chi connectivity index (χ1n) is 10.5. The maximum absolute atomic E-state index is 4.23. The Balaban J connectivity index is 1.46. The summed E-state index contributed by atoms with van der Waals surface area (Å²) in [6, 6.07) is 2.67. The van der Waals surface area contributed by atoms with Crippen molar-refractivity contribution in [3.8, 4) is 0 Å². The molecule has 0 aromatic carbocycles. The molecule has 10 unspecified atom stereocenters. The predicted octanol–water partition coefficient (Wildman–Crippen LogP) is 4.60. The van der Waals surface area contributed by atoms with E-state index < -0.39 is 0 Å². The van der Waals surface area contributed by atoms with E-state index in [1.54, 1.807) is 0 Å². The molecule has 5 fully saturated rings. The number of rotatable bonds is 0. The SMILES string of the molecule is BrC1CCC(Br)C2NC3C4CCCCC4C4CCCCC4C3NC12. The van der Waals surface area contributed by atoms with Crippen LogP contribution in [0.25, 0.3) is 0 Å². The van der Waals surface area contributed by atoms with E-state index in [4.69, 9.17) is 0 Å². The van der Waals surface area contributed by atoms with Crippen LogP contribution in [0.2, 0.25) is 0 Å². The van der Waals surface area contributed by atoms with E-state index in [0.717, 1.165) is 35.8 Å². The Morgan fingerprint density at radius 3 is 1.25 bits per heavy atom. The highest BCUT2D eigenvalue weighted by Gasteiger charge is 2.55. The first kappa shape index (κ1) is 17.0. The van der Waals surface area contributed by atoms with Gasteiger partial charge in [-0.3, -0.25) is 0 Å². The molecule has 0 radical (unpaired) electrons. The van der Waals surface area contributed by atoms with Gasteiger partial charge in [-0.2, -0.15) is 0 Å². The van der Waals surface area contributed by atoms with Crippen LogP contribution in [0.3, 0.4) is 0 Å². The van der Waals surface area contributed by atoms with Gasteiger partial charge in [-0.25, -0.2) is 0 Å². The zero-order valence-corrected chi connectivity index (χ0v) is 17.8. The van der Waals surface area contributed by atoms with Crippen molar-refractivity contribution in [3.05, 3.63) is 0 Å². The minimum Gasteiger partial charge on any atom is -0.307 e. The Bertz CT molecular complexity index is 431. The first-order valence-corrected chi connectivity index (χ1v) is 12.4. The van der Waals surface area contributed by atoms with E-state index in [1.807, 2.05) is 0 Å². The fourth-order valence-corrected chi connectivity index (χ4v) is 8.80. The molecule has 2 nitrogen and oxygen atoms in total. The molecule has 2 N–H and O–H groups in total. The fraction of sp³-hybridized carbons (Fsp3) is 1.00. The lowest BCUT2D eigenvalue weighted by molar-refractivity contribution is -0.0487. The van der Waals surface area contributed by atoms with Gasteiger partial charge in [0, 0.05) is 33.8 Å². The molecule has 0 aromatic rings. The summed E-state index contributed by atoms with van der Waals surface area (Å²) in [6.45, 7) is 0. The van der Waals surface area contributed by atoms with E-state index >= 15 is 0 Å². The molecule has 4 aliphatic carbocycles. The molecule has 0 bridgehead atoms. The molecule has 0 aromatic heterocycles. The Kier molecular flexibility index (Phi) is 4.82. The summed E-state index contributed by atoms with van der Waals surface area (Å²) < 4.78 is 0. The van der Waals surface area contributed by atoms with Crippen molar-refractivity contribution >= 4 is 31.9 Å². The van der Waals surface area contributed by atoms with Crippen molar-refractivity contribution in [1.82, 2.24) is 10.6 Å². The summed E-state index contributed by atoms with van der Waals surface area (Å²) in [4.78, 5) is 1.27. The van der Waals surface area contributed by atoms with Gasteiger partial charge in [0.25, 0.3) is 0 Å². The molecule has 10 atom stereocenters. The highest BCUT2D eigenvalue weighted by molar-refractivity contribution is 9.10. The summed E-state index contributed by atoms with van der Waals surface area (Å²) in [5.74, 6) is 3.92. The summed E-state index contributed by atoms with van der Waals surface area (Å²) in [7, 11) is 0. The van der Waals surface area contributed by atoms with Gasteiger partial charge in [0.2, 0.25) is 0 Å². The lowest BCUT2D eigenvalue weighted by Gasteiger charge is -2.61. The van der Waals surface area contributed by atoms with Crippen molar-refractivity contribution in [3.63, 3.8) is 0 Å². The Morgan fingerprint density at radius 1 is 0.458 bits per heavy atom. The lowest BCUT2D eigenvalue weighted by atomic mass is 9.53. The zero-order valence-electron chi connectivity index (χ0n) is 14.6. The molecule has 5 aliphatic rings. The standard InChI is InChI=1S/C20H32Br2N2/c21-15-9-10-16(22)20-19(15)23-17-13-7-3-1-5-11(13)12-6-2-4-8-14(12)18(17)24-20/h11-20,23-24H,1-10H2. The molecule has 1 heterocycles. The van der Waals surface area contributed by atoms with Gasteiger partial charge in [0.05, 0.1) is 0 Å². The van der Waals surface area contributed by atoms with Gasteiger partial charge in [-0.1, -0.05) is 57.5 Å². The summed E-state index contributed by atoms with van der Waals surface area (Å²) in [5, 5.41) is 8.46. The minimum absolute atomic E-state index is 0.604. The molecule has 0 amide bonds. The number of fused-ring (bicyclic) bond motifs is 7. The Hall–Kier alpha value is 0.880. The number of hydrogen-bond donors (Lipinski definition) is 2. The van der Waals surface area contributed by atoms with E-state index in [0.29, 0.717) is 21.7 Å². The normalized spacial score (nSPS) is 57.2. The summed E-state index contributed by atoms with van der Waals surface area (Å²) in [5.41, 5.74) is 0. The number of hydrogen-bond acceptors (Lipinski definition) is 2. The van der Waals surface area contributed by atoms with E-state index in [-0.39, 0.29) is 0 Å². The molecule has 4 saturated carbocycles. The third kappa shape index (κ3) is 2.68. The molecular formula is C20H32Br2N2. The second-order valence-electron chi connectivity index (χ2n) is 9.27. The largest absolute Gasteiger partial charge is 0.307 e. The fourth-order valence-electron chi connectivity index (χ4n) is 7.31. The van der Waals surface area contributed by atoms with Crippen LogP contribution in [-0.4, -0.2) is 33.8 Å². The van der Waals surface area contributed by atoms with Crippen molar-refractivity contribution < 1.29 is 0 Å². The molecule has 1 aliphatic heterocycles. The number of alkyl halides is 2. The molecule has 5 rings (SSSR count). The highest BCUT2D eigenvalue weighted by Crippen LogP contribution is 2.53. The van der Waals surface area contributed by atoms with Crippen LogP contribution in [0.4, 0.5) is 0 Å². The average molecular weight is 460 g/mol. The van der Waals surface area contributed by atoms with E-state index in [1.165, 1.54) is 64.2 Å². The van der Waals surface area contributed by atoms with Crippen LogP contribution in [0.15, 0.2) is 0 Å². The van der Waals surface area contributed by atoms with Crippen LogP contribution in [-0.2, 0) is 0 Å². The van der Waals surface area contributed by atoms with Gasteiger partial charge in [0.15, 0.2) is 0 Å². The van der Waals surface area contributed by atoms with Crippen LogP contribution < -0.4 is 10.6 Å². The topological polar surface area (TPSA) is 24.1 Å². The van der Waals surface area contributed by atoms with Crippen LogP contribution in [0.5, 0.6) is 0 Å². The molecule has 4 heteroatoms. The van der Waals surface area contributed by atoms with Gasteiger partial charge < -0.3 is 10.6 Å². The molecule has 0 spiro atoms. The number of halogens is 2. The quantitative estimate of drug-likeness (QED) is 0.517. The third-order valence-electron chi connectivity index (χ3n) is 8.26. The molecule has 136 valence electrons.